The van der Waals surface area contributed by atoms with Gasteiger partial charge in [0.1, 0.15) is 18.2 Å². The maximum atomic E-state index is 14.5. The van der Waals surface area contributed by atoms with Crippen LogP contribution in [0.2, 0.25) is 0 Å². The summed E-state index contributed by atoms with van der Waals surface area (Å²) in [6.45, 7) is 3.81. The van der Waals surface area contributed by atoms with Crippen molar-refractivity contribution < 1.29 is 28.2 Å². The lowest BCUT2D eigenvalue weighted by Crippen LogP contribution is -2.47. The molecule has 10 heteroatoms. The number of halogens is 1. The number of benzene rings is 2. The monoisotopic (exact) mass is 553 g/mol. The van der Waals surface area contributed by atoms with Crippen LogP contribution in [0.3, 0.4) is 0 Å². The van der Waals surface area contributed by atoms with Crippen LogP contribution in [0.15, 0.2) is 41.9 Å². The van der Waals surface area contributed by atoms with E-state index in [4.69, 9.17) is 14.2 Å². The minimum absolute atomic E-state index is 0.00275. The third kappa shape index (κ3) is 6.13. The molecule has 0 saturated carbocycles. The number of nitrogens with zero attached hydrogens (tertiary/aromatic N) is 1. The van der Waals surface area contributed by atoms with Crippen molar-refractivity contribution in [1.29, 1.82) is 0 Å². The van der Waals surface area contributed by atoms with Crippen LogP contribution >= 0.6 is 11.3 Å². The standard InChI is InChI=1S/C29H32FN3O5S/c1-29(16-26(34)33-28-31-10-12-39-28)23-15-21(18-6-7-24(30)22(13-18)27(35)36-2)25(14-19(23)8-9-32-29)38-17-20-5-3-4-11-37-20/h6-7,10,12-15,20,32H,3-5,8-9,11,16-17H2,1-2H3,(H,31,33,34). The van der Waals surface area contributed by atoms with Gasteiger partial charge in [0.2, 0.25) is 5.91 Å². The van der Waals surface area contributed by atoms with Crippen LogP contribution in [0.4, 0.5) is 9.52 Å². The Kier molecular flexibility index (Phi) is 8.25. The molecule has 8 nitrogen and oxygen atoms in total. The number of thiazole rings is 1. The van der Waals surface area contributed by atoms with Gasteiger partial charge in [-0.05, 0) is 73.6 Å². The summed E-state index contributed by atoms with van der Waals surface area (Å²) in [6.07, 6.45) is 5.67. The van der Waals surface area contributed by atoms with Gasteiger partial charge in [-0.15, -0.1) is 11.3 Å². The van der Waals surface area contributed by atoms with Crippen LogP contribution in [0.25, 0.3) is 11.1 Å². The molecule has 2 unspecified atom stereocenters. The molecule has 2 atom stereocenters. The molecule has 1 amide bonds. The van der Waals surface area contributed by atoms with Crippen LogP contribution in [0, 0.1) is 5.82 Å². The summed E-state index contributed by atoms with van der Waals surface area (Å²) in [5.74, 6) is -0.941. The maximum absolute atomic E-state index is 14.5. The van der Waals surface area contributed by atoms with Crippen molar-refractivity contribution in [2.45, 2.75) is 50.7 Å². The van der Waals surface area contributed by atoms with Gasteiger partial charge in [0.15, 0.2) is 5.13 Å². The predicted molar refractivity (Wildman–Crippen MR) is 147 cm³/mol. The molecule has 3 aromatic rings. The van der Waals surface area contributed by atoms with Gasteiger partial charge < -0.3 is 24.8 Å². The van der Waals surface area contributed by atoms with Crippen molar-refractivity contribution in [2.24, 2.45) is 0 Å². The summed E-state index contributed by atoms with van der Waals surface area (Å²) in [5.41, 5.74) is 2.50. The normalized spacial score (nSPS) is 20.6. The molecule has 0 bridgehead atoms. The molecule has 0 radical (unpaired) electrons. The minimum atomic E-state index is -0.754. The largest absolute Gasteiger partial charge is 0.490 e. The Balaban J connectivity index is 1.52. The highest BCUT2D eigenvalue weighted by Crippen LogP contribution is 2.41. The van der Waals surface area contributed by atoms with Crippen molar-refractivity contribution in [3.05, 3.63) is 64.4 Å². The van der Waals surface area contributed by atoms with E-state index in [9.17, 15) is 14.0 Å². The smallest absolute Gasteiger partial charge is 0.340 e. The Labute approximate surface area is 230 Å². The van der Waals surface area contributed by atoms with E-state index in [1.54, 1.807) is 12.3 Å². The zero-order valence-electron chi connectivity index (χ0n) is 22.1. The van der Waals surface area contributed by atoms with Gasteiger partial charge in [0.05, 0.1) is 18.8 Å². The predicted octanol–water partition coefficient (Wildman–Crippen LogP) is 5.07. The van der Waals surface area contributed by atoms with Gasteiger partial charge >= 0.3 is 5.97 Å². The van der Waals surface area contributed by atoms with Crippen molar-refractivity contribution in [3.63, 3.8) is 0 Å². The maximum Gasteiger partial charge on any atom is 0.340 e. The van der Waals surface area contributed by atoms with Gasteiger partial charge in [-0.25, -0.2) is 14.2 Å². The van der Waals surface area contributed by atoms with Crippen molar-refractivity contribution >= 4 is 28.3 Å². The second kappa shape index (κ2) is 11.8. The lowest BCUT2D eigenvalue weighted by atomic mass is 9.79. The van der Waals surface area contributed by atoms with E-state index < -0.39 is 17.3 Å². The molecule has 2 N–H and O–H groups in total. The van der Waals surface area contributed by atoms with E-state index in [1.807, 2.05) is 24.4 Å². The summed E-state index contributed by atoms with van der Waals surface area (Å²) >= 11 is 1.36. The van der Waals surface area contributed by atoms with Crippen molar-refractivity contribution in [2.75, 3.05) is 32.2 Å². The molecule has 0 spiro atoms. The van der Waals surface area contributed by atoms with E-state index in [-0.39, 0.29) is 24.0 Å². The molecule has 3 heterocycles. The number of methoxy groups -OCH3 is 1. The SMILES string of the molecule is COC(=O)c1cc(-c2cc3c(cc2OCC2CCCCO2)CCNC3(C)CC(=O)Nc2nccs2)ccc1F. The summed E-state index contributed by atoms with van der Waals surface area (Å²) in [7, 11) is 1.22. The lowest BCUT2D eigenvalue weighted by molar-refractivity contribution is -0.117. The average molecular weight is 554 g/mol. The second-order valence-electron chi connectivity index (χ2n) is 10.1. The number of esters is 1. The molecule has 2 aliphatic heterocycles. The molecule has 39 heavy (non-hydrogen) atoms. The van der Waals surface area contributed by atoms with E-state index in [0.717, 1.165) is 43.4 Å². The van der Waals surface area contributed by atoms with Crippen molar-refractivity contribution in [1.82, 2.24) is 10.3 Å². The van der Waals surface area contributed by atoms with Crippen LogP contribution < -0.4 is 15.4 Å². The quantitative estimate of drug-likeness (QED) is 0.376. The summed E-state index contributed by atoms with van der Waals surface area (Å²) < 4.78 is 31.5. The number of anilines is 1. The number of amides is 1. The molecule has 206 valence electrons. The van der Waals surface area contributed by atoms with Gasteiger partial charge in [-0.1, -0.05) is 6.07 Å². The number of fused-ring (bicyclic) bond motifs is 1. The Morgan fingerprint density at radius 3 is 2.90 bits per heavy atom. The first-order chi connectivity index (χ1) is 18.9. The Morgan fingerprint density at radius 1 is 1.28 bits per heavy atom. The Hall–Kier alpha value is -3.34. The molecule has 1 aromatic heterocycles. The molecular formula is C29H32FN3O5S. The van der Waals surface area contributed by atoms with Gasteiger partial charge in [-0.2, -0.15) is 0 Å². The summed E-state index contributed by atoms with van der Waals surface area (Å²) in [4.78, 5) is 29.4. The molecule has 0 aliphatic carbocycles. The van der Waals surface area contributed by atoms with E-state index in [1.165, 1.54) is 30.6 Å². The minimum Gasteiger partial charge on any atom is -0.490 e. The zero-order chi connectivity index (χ0) is 27.4. The number of rotatable bonds is 8. The number of ether oxygens (including phenoxy) is 3. The third-order valence-corrected chi connectivity index (χ3v) is 7.97. The fraction of sp³-hybridized carbons (Fsp3) is 0.414. The lowest BCUT2D eigenvalue weighted by Gasteiger charge is -2.37. The van der Waals surface area contributed by atoms with Crippen LogP contribution in [0.1, 0.15) is 54.1 Å². The molecular weight excluding hydrogens is 521 g/mol. The molecule has 1 saturated heterocycles. The first kappa shape index (κ1) is 27.2. The van der Waals surface area contributed by atoms with E-state index >= 15 is 0 Å². The second-order valence-corrected chi connectivity index (χ2v) is 11.0. The number of carbonyl (C=O) groups excluding carboxylic acids is 2. The van der Waals surface area contributed by atoms with E-state index in [2.05, 4.69) is 15.6 Å². The number of aromatic nitrogens is 1. The highest BCUT2D eigenvalue weighted by atomic mass is 32.1. The Bertz CT molecular complexity index is 1340. The topological polar surface area (TPSA) is 98.8 Å². The fourth-order valence-corrected chi connectivity index (χ4v) is 5.81. The molecule has 1 fully saturated rings. The van der Waals surface area contributed by atoms with Crippen molar-refractivity contribution in [3.8, 4) is 16.9 Å². The first-order valence-corrected chi connectivity index (χ1v) is 14.0. The van der Waals surface area contributed by atoms with Crippen LogP contribution in [-0.2, 0) is 26.2 Å². The molecule has 5 rings (SSSR count). The summed E-state index contributed by atoms with van der Waals surface area (Å²) in [6, 6.07) is 8.36. The number of nitrogens with one attached hydrogen (secondary N) is 2. The average Bonchev–Trinajstić information content (AvgIpc) is 3.45. The highest BCUT2D eigenvalue weighted by Gasteiger charge is 2.35. The van der Waals surface area contributed by atoms with Crippen LogP contribution in [0.5, 0.6) is 5.75 Å². The first-order valence-electron chi connectivity index (χ1n) is 13.1. The fourth-order valence-electron chi connectivity index (χ4n) is 5.26. The van der Waals surface area contributed by atoms with E-state index in [0.29, 0.717) is 35.2 Å². The van der Waals surface area contributed by atoms with Gasteiger partial charge in [0, 0.05) is 42.3 Å². The third-order valence-electron chi connectivity index (χ3n) is 7.28. The number of carbonyl (C=O) groups is 2. The molecule has 2 aromatic carbocycles. The zero-order valence-corrected chi connectivity index (χ0v) is 22.9. The number of hydrogen-bond donors (Lipinski definition) is 2. The highest BCUT2D eigenvalue weighted by molar-refractivity contribution is 7.13. The Morgan fingerprint density at radius 2 is 2.15 bits per heavy atom. The van der Waals surface area contributed by atoms with Gasteiger partial charge in [0.25, 0.3) is 0 Å². The van der Waals surface area contributed by atoms with Gasteiger partial charge in [-0.3, -0.25) is 4.79 Å². The van der Waals surface area contributed by atoms with Crippen LogP contribution in [-0.4, -0.2) is 49.8 Å². The molecule has 2 aliphatic rings. The number of hydrogen-bond acceptors (Lipinski definition) is 8. The summed E-state index contributed by atoms with van der Waals surface area (Å²) in [5, 5.41) is 8.75.